The molecule has 1 N–H and O–H groups in total. The smallest absolute Gasteiger partial charge is 0.252 e. The Kier molecular flexibility index (Phi) is 5.50. The second-order valence-corrected chi connectivity index (χ2v) is 6.09. The minimum Gasteiger partial charge on any atom is -0.497 e. The van der Waals surface area contributed by atoms with E-state index in [9.17, 15) is 4.79 Å². The summed E-state index contributed by atoms with van der Waals surface area (Å²) in [6.07, 6.45) is 0. The van der Waals surface area contributed by atoms with Crippen LogP contribution in [-0.2, 0) is 0 Å². The van der Waals surface area contributed by atoms with E-state index in [1.54, 1.807) is 32.4 Å². The summed E-state index contributed by atoms with van der Waals surface area (Å²) >= 11 is 0. The number of carbonyl (C=O) groups is 1. The molecular formula is C20H25NO3. The van der Waals surface area contributed by atoms with Crippen LogP contribution < -0.4 is 14.8 Å². The van der Waals surface area contributed by atoms with Crippen molar-refractivity contribution in [3.8, 4) is 11.5 Å². The van der Waals surface area contributed by atoms with Crippen LogP contribution in [0.1, 0.15) is 45.6 Å². The van der Waals surface area contributed by atoms with Crippen LogP contribution in [-0.4, -0.2) is 20.1 Å². The first-order valence-corrected chi connectivity index (χ1v) is 7.97. The largest absolute Gasteiger partial charge is 0.497 e. The average Bonchev–Trinajstić information content (AvgIpc) is 2.57. The molecule has 0 spiro atoms. The SMILES string of the molecule is COc1cc(OC)cc(C(=O)N[C@@H](C)c2cc(C)c(C)cc2C)c1. The number of ether oxygens (including phenoxy) is 2. The fourth-order valence-electron chi connectivity index (χ4n) is 2.75. The maximum Gasteiger partial charge on any atom is 0.252 e. The van der Waals surface area contributed by atoms with E-state index in [1.807, 2.05) is 6.92 Å². The number of hydrogen-bond acceptors (Lipinski definition) is 3. The Morgan fingerprint density at radius 3 is 1.96 bits per heavy atom. The minimum absolute atomic E-state index is 0.0889. The molecule has 0 saturated carbocycles. The van der Waals surface area contributed by atoms with Crippen molar-refractivity contribution in [3.05, 3.63) is 58.1 Å². The van der Waals surface area contributed by atoms with Crippen LogP contribution in [0.3, 0.4) is 0 Å². The monoisotopic (exact) mass is 327 g/mol. The van der Waals surface area contributed by atoms with Crippen LogP contribution in [0.15, 0.2) is 30.3 Å². The first-order chi connectivity index (χ1) is 11.3. The van der Waals surface area contributed by atoms with Gasteiger partial charge in [0.15, 0.2) is 0 Å². The van der Waals surface area contributed by atoms with Gasteiger partial charge in [-0.2, -0.15) is 0 Å². The number of hydrogen-bond donors (Lipinski definition) is 1. The highest BCUT2D eigenvalue weighted by atomic mass is 16.5. The Morgan fingerprint density at radius 1 is 0.875 bits per heavy atom. The van der Waals surface area contributed by atoms with Crippen molar-refractivity contribution in [3.63, 3.8) is 0 Å². The highest BCUT2D eigenvalue weighted by Crippen LogP contribution is 2.25. The fourth-order valence-corrected chi connectivity index (χ4v) is 2.75. The molecule has 4 nitrogen and oxygen atoms in total. The van der Waals surface area contributed by atoms with Crippen molar-refractivity contribution in [2.24, 2.45) is 0 Å². The van der Waals surface area contributed by atoms with E-state index in [4.69, 9.17) is 9.47 Å². The van der Waals surface area contributed by atoms with Gasteiger partial charge in [0, 0.05) is 11.6 Å². The molecule has 0 bridgehead atoms. The van der Waals surface area contributed by atoms with Gasteiger partial charge in [-0.3, -0.25) is 4.79 Å². The summed E-state index contributed by atoms with van der Waals surface area (Å²) in [4.78, 5) is 12.6. The molecule has 0 aliphatic carbocycles. The molecule has 0 radical (unpaired) electrons. The molecule has 4 heteroatoms. The second-order valence-electron chi connectivity index (χ2n) is 6.09. The Labute approximate surface area is 143 Å². The predicted molar refractivity (Wildman–Crippen MR) is 96.1 cm³/mol. The molecule has 0 aliphatic heterocycles. The van der Waals surface area contributed by atoms with E-state index in [2.05, 4.69) is 38.2 Å². The fraction of sp³-hybridized carbons (Fsp3) is 0.350. The summed E-state index contributed by atoms with van der Waals surface area (Å²) in [6.45, 7) is 8.24. The summed E-state index contributed by atoms with van der Waals surface area (Å²) < 4.78 is 10.5. The van der Waals surface area contributed by atoms with E-state index in [-0.39, 0.29) is 11.9 Å². The van der Waals surface area contributed by atoms with E-state index in [0.717, 1.165) is 5.56 Å². The number of aryl methyl sites for hydroxylation is 3. The number of nitrogens with one attached hydrogen (secondary N) is 1. The lowest BCUT2D eigenvalue weighted by molar-refractivity contribution is 0.0939. The molecule has 24 heavy (non-hydrogen) atoms. The zero-order chi connectivity index (χ0) is 17.9. The topological polar surface area (TPSA) is 47.6 Å². The van der Waals surface area contributed by atoms with E-state index >= 15 is 0 Å². The minimum atomic E-state index is -0.155. The molecule has 2 rings (SSSR count). The van der Waals surface area contributed by atoms with Crippen LogP contribution >= 0.6 is 0 Å². The molecule has 0 heterocycles. The summed E-state index contributed by atoms with van der Waals surface area (Å²) in [7, 11) is 3.13. The maximum atomic E-state index is 12.6. The molecule has 0 unspecified atom stereocenters. The number of amides is 1. The Bertz CT molecular complexity index is 731. The normalized spacial score (nSPS) is 11.8. The summed E-state index contributed by atoms with van der Waals surface area (Å²) in [6, 6.07) is 9.36. The third kappa shape index (κ3) is 3.88. The predicted octanol–water partition coefficient (Wildman–Crippen LogP) is 4.12. The molecular weight excluding hydrogens is 302 g/mol. The highest BCUT2D eigenvalue weighted by molar-refractivity contribution is 5.95. The Balaban J connectivity index is 2.25. The van der Waals surface area contributed by atoms with Crippen LogP contribution in [0, 0.1) is 20.8 Å². The molecule has 0 saturated heterocycles. The molecule has 2 aromatic rings. The van der Waals surface area contributed by atoms with Gasteiger partial charge < -0.3 is 14.8 Å². The molecule has 2 aromatic carbocycles. The molecule has 0 aromatic heterocycles. The zero-order valence-electron chi connectivity index (χ0n) is 15.2. The Hall–Kier alpha value is -2.49. The van der Waals surface area contributed by atoms with Gasteiger partial charge in [-0.1, -0.05) is 12.1 Å². The van der Waals surface area contributed by atoms with E-state index < -0.39 is 0 Å². The van der Waals surface area contributed by atoms with Gasteiger partial charge in [0.25, 0.3) is 5.91 Å². The van der Waals surface area contributed by atoms with Gasteiger partial charge in [0.1, 0.15) is 11.5 Å². The number of rotatable bonds is 5. The van der Waals surface area contributed by atoms with Gasteiger partial charge in [-0.15, -0.1) is 0 Å². The van der Waals surface area contributed by atoms with Crippen LogP contribution in [0.4, 0.5) is 0 Å². The summed E-state index contributed by atoms with van der Waals surface area (Å²) in [5.41, 5.74) is 5.29. The van der Waals surface area contributed by atoms with Gasteiger partial charge in [0.05, 0.1) is 20.3 Å². The van der Waals surface area contributed by atoms with Crippen LogP contribution in [0.25, 0.3) is 0 Å². The maximum absolute atomic E-state index is 12.6. The van der Waals surface area contributed by atoms with Gasteiger partial charge >= 0.3 is 0 Å². The molecule has 0 fully saturated rings. The first kappa shape index (κ1) is 17.9. The molecule has 128 valence electrons. The van der Waals surface area contributed by atoms with Crippen molar-refractivity contribution in [2.75, 3.05) is 14.2 Å². The van der Waals surface area contributed by atoms with E-state index in [0.29, 0.717) is 17.1 Å². The lowest BCUT2D eigenvalue weighted by atomic mass is 9.96. The number of carbonyl (C=O) groups excluding carboxylic acids is 1. The van der Waals surface area contributed by atoms with Crippen molar-refractivity contribution < 1.29 is 14.3 Å². The molecule has 1 amide bonds. The molecule has 1 atom stereocenters. The van der Waals surface area contributed by atoms with Crippen LogP contribution in [0.5, 0.6) is 11.5 Å². The number of benzene rings is 2. The zero-order valence-corrected chi connectivity index (χ0v) is 15.2. The van der Waals surface area contributed by atoms with Crippen molar-refractivity contribution in [1.29, 1.82) is 0 Å². The lowest BCUT2D eigenvalue weighted by Gasteiger charge is -2.19. The quantitative estimate of drug-likeness (QED) is 0.898. The highest BCUT2D eigenvalue weighted by Gasteiger charge is 2.16. The standard InChI is InChI=1S/C20H25NO3/c1-12-7-14(3)19(8-13(12)2)15(4)21-20(22)16-9-17(23-5)11-18(10-16)24-6/h7-11,15H,1-6H3,(H,21,22)/t15-/m0/s1. The summed E-state index contributed by atoms with van der Waals surface area (Å²) in [5, 5.41) is 3.05. The second kappa shape index (κ2) is 7.39. The Morgan fingerprint density at radius 2 is 1.42 bits per heavy atom. The third-order valence-electron chi connectivity index (χ3n) is 4.31. The first-order valence-electron chi connectivity index (χ1n) is 7.97. The van der Waals surface area contributed by atoms with Crippen LogP contribution in [0.2, 0.25) is 0 Å². The third-order valence-corrected chi connectivity index (χ3v) is 4.31. The van der Waals surface area contributed by atoms with Crippen molar-refractivity contribution in [1.82, 2.24) is 5.32 Å². The van der Waals surface area contributed by atoms with Gasteiger partial charge in [-0.05, 0) is 62.1 Å². The molecule has 0 aliphatic rings. The van der Waals surface area contributed by atoms with Crippen molar-refractivity contribution >= 4 is 5.91 Å². The number of methoxy groups -OCH3 is 2. The average molecular weight is 327 g/mol. The van der Waals surface area contributed by atoms with E-state index in [1.165, 1.54) is 16.7 Å². The summed E-state index contributed by atoms with van der Waals surface area (Å²) in [5.74, 6) is 1.03. The van der Waals surface area contributed by atoms with Gasteiger partial charge in [0.2, 0.25) is 0 Å². The lowest BCUT2D eigenvalue weighted by Crippen LogP contribution is -2.27. The van der Waals surface area contributed by atoms with Gasteiger partial charge in [-0.25, -0.2) is 0 Å². The van der Waals surface area contributed by atoms with Crippen molar-refractivity contribution in [2.45, 2.75) is 33.7 Å².